The Morgan fingerprint density at radius 3 is 3.10 bits per heavy atom. The average molecular weight is 274 g/mol. The first-order valence-corrected chi connectivity index (χ1v) is 7.43. The predicted molar refractivity (Wildman–Crippen MR) is 76.4 cm³/mol. The van der Waals surface area contributed by atoms with Crippen LogP contribution in [0.15, 0.2) is 16.5 Å². The standard InChI is InChI=1S/C15H22N4O/c1-4-12-7-8-14(20-12)10(2)16-13-6-5-9-19-15(13)17-11(3)18-19/h7-8,10,13,16H,4-6,9H2,1-3H3/t10-,13+/m0/s1. The zero-order chi connectivity index (χ0) is 14.1. The molecule has 2 aromatic rings. The molecule has 0 saturated heterocycles. The molecular formula is C15H22N4O. The summed E-state index contributed by atoms with van der Waals surface area (Å²) in [5, 5.41) is 8.07. The van der Waals surface area contributed by atoms with Gasteiger partial charge in [-0.2, -0.15) is 5.10 Å². The van der Waals surface area contributed by atoms with Gasteiger partial charge in [0.1, 0.15) is 23.2 Å². The zero-order valence-electron chi connectivity index (χ0n) is 12.4. The van der Waals surface area contributed by atoms with E-state index in [0.29, 0.717) is 0 Å². The molecule has 108 valence electrons. The molecule has 0 spiro atoms. The van der Waals surface area contributed by atoms with E-state index in [0.717, 1.165) is 49.0 Å². The van der Waals surface area contributed by atoms with Crippen molar-refractivity contribution in [3.05, 3.63) is 35.3 Å². The molecule has 0 radical (unpaired) electrons. The molecule has 0 fully saturated rings. The van der Waals surface area contributed by atoms with Crippen LogP contribution in [-0.2, 0) is 13.0 Å². The van der Waals surface area contributed by atoms with Crippen LogP contribution in [0.5, 0.6) is 0 Å². The summed E-state index contributed by atoms with van der Waals surface area (Å²) >= 11 is 0. The Morgan fingerprint density at radius 1 is 1.50 bits per heavy atom. The van der Waals surface area contributed by atoms with E-state index in [2.05, 4.69) is 41.4 Å². The number of fused-ring (bicyclic) bond motifs is 1. The minimum Gasteiger partial charge on any atom is -0.464 e. The van der Waals surface area contributed by atoms with E-state index in [1.807, 2.05) is 11.6 Å². The molecule has 0 amide bonds. The fourth-order valence-electron chi connectivity index (χ4n) is 2.83. The van der Waals surface area contributed by atoms with E-state index in [-0.39, 0.29) is 12.1 Å². The van der Waals surface area contributed by atoms with E-state index < -0.39 is 0 Å². The Hall–Kier alpha value is -1.62. The van der Waals surface area contributed by atoms with Gasteiger partial charge in [0.25, 0.3) is 0 Å². The van der Waals surface area contributed by atoms with Crippen LogP contribution in [0.3, 0.4) is 0 Å². The largest absolute Gasteiger partial charge is 0.464 e. The normalized spacial score (nSPS) is 19.9. The third kappa shape index (κ3) is 2.50. The lowest BCUT2D eigenvalue weighted by molar-refractivity contribution is 0.319. The van der Waals surface area contributed by atoms with Crippen molar-refractivity contribution in [2.75, 3.05) is 0 Å². The van der Waals surface area contributed by atoms with Crippen molar-refractivity contribution in [3.8, 4) is 0 Å². The minimum atomic E-state index is 0.184. The molecule has 2 aromatic heterocycles. The molecule has 0 saturated carbocycles. The third-order valence-electron chi connectivity index (χ3n) is 3.89. The number of aromatic nitrogens is 3. The van der Waals surface area contributed by atoms with Crippen LogP contribution >= 0.6 is 0 Å². The number of nitrogens with zero attached hydrogens (tertiary/aromatic N) is 3. The molecule has 5 heteroatoms. The quantitative estimate of drug-likeness (QED) is 0.931. The van der Waals surface area contributed by atoms with Crippen molar-refractivity contribution in [3.63, 3.8) is 0 Å². The second-order valence-electron chi connectivity index (χ2n) is 5.48. The van der Waals surface area contributed by atoms with Crippen molar-refractivity contribution >= 4 is 0 Å². The molecule has 5 nitrogen and oxygen atoms in total. The highest BCUT2D eigenvalue weighted by molar-refractivity contribution is 5.11. The smallest absolute Gasteiger partial charge is 0.147 e. The second-order valence-corrected chi connectivity index (χ2v) is 5.48. The number of rotatable bonds is 4. The Balaban J connectivity index is 1.74. The van der Waals surface area contributed by atoms with Crippen LogP contribution in [0.1, 0.15) is 61.9 Å². The fourth-order valence-corrected chi connectivity index (χ4v) is 2.83. The third-order valence-corrected chi connectivity index (χ3v) is 3.89. The molecule has 3 rings (SSSR count). The summed E-state index contributed by atoms with van der Waals surface area (Å²) in [5.41, 5.74) is 0. The topological polar surface area (TPSA) is 55.9 Å². The average Bonchev–Trinajstić information content (AvgIpc) is 3.04. The summed E-state index contributed by atoms with van der Waals surface area (Å²) in [6.07, 6.45) is 3.17. The summed E-state index contributed by atoms with van der Waals surface area (Å²) in [7, 11) is 0. The van der Waals surface area contributed by atoms with Gasteiger partial charge in [-0.25, -0.2) is 9.67 Å². The van der Waals surface area contributed by atoms with Gasteiger partial charge < -0.3 is 4.42 Å². The van der Waals surface area contributed by atoms with Crippen LogP contribution < -0.4 is 5.32 Å². The van der Waals surface area contributed by atoms with Crippen LogP contribution in [0, 0.1) is 6.92 Å². The molecule has 0 aliphatic carbocycles. The van der Waals surface area contributed by atoms with E-state index in [4.69, 9.17) is 4.42 Å². The summed E-state index contributed by atoms with van der Waals surface area (Å²) < 4.78 is 7.85. The first kappa shape index (κ1) is 13.4. The summed E-state index contributed by atoms with van der Waals surface area (Å²) in [6.45, 7) is 7.17. The van der Waals surface area contributed by atoms with Crippen molar-refractivity contribution in [2.24, 2.45) is 0 Å². The number of aryl methyl sites for hydroxylation is 3. The van der Waals surface area contributed by atoms with Gasteiger partial charge >= 0.3 is 0 Å². The molecule has 1 aliphatic heterocycles. The minimum absolute atomic E-state index is 0.184. The number of nitrogens with one attached hydrogen (secondary N) is 1. The number of furan rings is 1. The molecule has 20 heavy (non-hydrogen) atoms. The molecule has 0 unspecified atom stereocenters. The van der Waals surface area contributed by atoms with Gasteiger partial charge in [-0.05, 0) is 38.8 Å². The van der Waals surface area contributed by atoms with Crippen molar-refractivity contribution in [1.82, 2.24) is 20.1 Å². The lowest BCUT2D eigenvalue weighted by Gasteiger charge is -2.25. The monoisotopic (exact) mass is 274 g/mol. The highest BCUT2D eigenvalue weighted by atomic mass is 16.3. The SMILES string of the molecule is CCc1ccc([C@H](C)N[C@@H]2CCCn3nc(C)nc32)o1. The maximum atomic E-state index is 5.82. The zero-order valence-corrected chi connectivity index (χ0v) is 12.4. The van der Waals surface area contributed by atoms with Gasteiger partial charge in [-0.3, -0.25) is 5.32 Å². The van der Waals surface area contributed by atoms with Crippen LogP contribution in [0.25, 0.3) is 0 Å². The summed E-state index contributed by atoms with van der Waals surface area (Å²) in [6, 6.07) is 4.56. The molecular weight excluding hydrogens is 252 g/mol. The van der Waals surface area contributed by atoms with Gasteiger partial charge in [0.15, 0.2) is 0 Å². The van der Waals surface area contributed by atoms with Crippen LogP contribution in [0.4, 0.5) is 0 Å². The van der Waals surface area contributed by atoms with Gasteiger partial charge in [0.05, 0.1) is 12.1 Å². The molecule has 1 aliphatic rings. The first-order valence-electron chi connectivity index (χ1n) is 7.43. The van der Waals surface area contributed by atoms with Crippen molar-refractivity contribution in [1.29, 1.82) is 0 Å². The Bertz CT molecular complexity index is 586. The first-order chi connectivity index (χ1) is 9.67. The van der Waals surface area contributed by atoms with Crippen molar-refractivity contribution in [2.45, 2.75) is 58.7 Å². The lowest BCUT2D eigenvalue weighted by atomic mass is 10.1. The van der Waals surface area contributed by atoms with E-state index in [1.165, 1.54) is 0 Å². The molecule has 1 N–H and O–H groups in total. The van der Waals surface area contributed by atoms with Crippen LogP contribution in [0.2, 0.25) is 0 Å². The van der Waals surface area contributed by atoms with Crippen molar-refractivity contribution < 1.29 is 4.42 Å². The van der Waals surface area contributed by atoms with E-state index >= 15 is 0 Å². The molecule has 0 aromatic carbocycles. The summed E-state index contributed by atoms with van der Waals surface area (Å²) in [5.74, 6) is 3.95. The van der Waals surface area contributed by atoms with Crippen LogP contribution in [-0.4, -0.2) is 14.8 Å². The van der Waals surface area contributed by atoms with Gasteiger partial charge in [-0.15, -0.1) is 0 Å². The maximum Gasteiger partial charge on any atom is 0.147 e. The fraction of sp³-hybridized carbons (Fsp3) is 0.600. The van der Waals surface area contributed by atoms with E-state index in [1.54, 1.807) is 0 Å². The van der Waals surface area contributed by atoms with Gasteiger partial charge in [-0.1, -0.05) is 6.92 Å². The Kier molecular flexibility index (Phi) is 3.61. The van der Waals surface area contributed by atoms with Gasteiger partial charge in [0, 0.05) is 13.0 Å². The number of hydrogen-bond donors (Lipinski definition) is 1. The highest BCUT2D eigenvalue weighted by Gasteiger charge is 2.25. The Labute approximate surface area is 119 Å². The van der Waals surface area contributed by atoms with Gasteiger partial charge in [0.2, 0.25) is 0 Å². The second kappa shape index (κ2) is 5.40. The summed E-state index contributed by atoms with van der Waals surface area (Å²) in [4.78, 5) is 4.56. The lowest BCUT2D eigenvalue weighted by Crippen LogP contribution is -2.30. The molecule has 2 atom stereocenters. The maximum absolute atomic E-state index is 5.82. The molecule has 0 bridgehead atoms. The predicted octanol–water partition coefficient (Wildman–Crippen LogP) is 2.93. The molecule has 3 heterocycles. The number of hydrogen-bond acceptors (Lipinski definition) is 4. The van der Waals surface area contributed by atoms with E-state index in [9.17, 15) is 0 Å². The Morgan fingerprint density at radius 2 is 2.35 bits per heavy atom. The highest BCUT2D eigenvalue weighted by Crippen LogP contribution is 2.27.